The summed E-state index contributed by atoms with van der Waals surface area (Å²) >= 11 is 6.00. The minimum atomic E-state index is -3.71. The Balaban J connectivity index is 1.65. The van der Waals surface area contributed by atoms with Crippen LogP contribution in [0.4, 0.5) is 0 Å². The highest BCUT2D eigenvalue weighted by atomic mass is 35.5. The molecule has 0 spiro atoms. The number of rotatable bonds is 7. The molecule has 0 aliphatic carbocycles. The first-order valence-electron chi connectivity index (χ1n) is 8.34. The fraction of sp³-hybridized carbons (Fsp3) is 0.150. The molecule has 0 bridgehead atoms. The molecule has 3 aromatic rings. The van der Waals surface area contributed by atoms with E-state index in [1.165, 1.54) is 6.07 Å². The number of hydrogen-bond donors (Lipinski definition) is 1. The van der Waals surface area contributed by atoms with Crippen molar-refractivity contribution in [3.05, 3.63) is 89.2 Å². The van der Waals surface area contributed by atoms with Gasteiger partial charge in [0, 0.05) is 24.0 Å². The fourth-order valence-corrected chi connectivity index (χ4v) is 4.28. The molecule has 1 N–H and O–H groups in total. The molecule has 0 unspecified atom stereocenters. The second-order valence-corrected chi connectivity index (χ2v) is 8.08. The number of benzene rings is 2. The van der Waals surface area contributed by atoms with Crippen LogP contribution in [0.3, 0.4) is 0 Å². The normalized spacial score (nSPS) is 12.5. The van der Waals surface area contributed by atoms with Crippen molar-refractivity contribution in [2.75, 3.05) is 0 Å². The predicted octanol–water partition coefficient (Wildman–Crippen LogP) is 4.35. The maximum Gasteiger partial charge on any atom is 0.242 e. The summed E-state index contributed by atoms with van der Waals surface area (Å²) in [5, 5.41) is 0.191. The van der Waals surface area contributed by atoms with E-state index >= 15 is 0 Å². The summed E-state index contributed by atoms with van der Waals surface area (Å²) in [6, 6.07) is 17.0. The Hall–Kier alpha value is -2.41. The van der Waals surface area contributed by atoms with Crippen LogP contribution < -0.4 is 9.46 Å². The molecule has 0 amide bonds. The van der Waals surface area contributed by atoms with E-state index in [2.05, 4.69) is 9.71 Å². The Morgan fingerprint density at radius 2 is 1.81 bits per heavy atom. The smallest absolute Gasteiger partial charge is 0.242 e. The molecular formula is C20H19ClN2O3S. The molecule has 0 fully saturated rings. The SMILES string of the molecule is C[C@H](NS(=O)(=O)c1ccccc1Cl)c1ccc(OCc2cccnc2)cc1. The average Bonchev–Trinajstić information content (AvgIpc) is 2.67. The van der Waals surface area contributed by atoms with E-state index in [1.54, 1.807) is 37.5 Å². The van der Waals surface area contributed by atoms with E-state index in [0.29, 0.717) is 12.4 Å². The lowest BCUT2D eigenvalue weighted by Gasteiger charge is -2.16. The van der Waals surface area contributed by atoms with Gasteiger partial charge >= 0.3 is 0 Å². The largest absolute Gasteiger partial charge is 0.489 e. The Morgan fingerprint density at radius 1 is 1.07 bits per heavy atom. The fourth-order valence-electron chi connectivity index (χ4n) is 2.53. The van der Waals surface area contributed by atoms with Crippen LogP contribution in [-0.4, -0.2) is 13.4 Å². The van der Waals surface area contributed by atoms with Crippen molar-refractivity contribution >= 4 is 21.6 Å². The van der Waals surface area contributed by atoms with Gasteiger partial charge in [0.15, 0.2) is 0 Å². The third kappa shape index (κ3) is 5.07. The van der Waals surface area contributed by atoms with Crippen molar-refractivity contribution in [2.45, 2.75) is 24.5 Å². The number of aromatic nitrogens is 1. The highest BCUT2D eigenvalue weighted by Gasteiger charge is 2.20. The number of pyridine rings is 1. The van der Waals surface area contributed by atoms with Gasteiger partial charge in [0.2, 0.25) is 10.0 Å². The molecule has 140 valence electrons. The highest BCUT2D eigenvalue weighted by Crippen LogP contribution is 2.24. The van der Waals surface area contributed by atoms with Crippen LogP contribution in [0.25, 0.3) is 0 Å². The molecule has 2 aromatic carbocycles. The van der Waals surface area contributed by atoms with Crippen molar-refractivity contribution in [3.8, 4) is 5.75 Å². The lowest BCUT2D eigenvalue weighted by atomic mass is 10.1. The molecule has 0 aliphatic rings. The van der Waals surface area contributed by atoms with Crippen LogP contribution in [0.15, 0.2) is 78.0 Å². The molecule has 7 heteroatoms. The Kier molecular flexibility index (Phi) is 6.11. The highest BCUT2D eigenvalue weighted by molar-refractivity contribution is 7.89. The number of halogens is 1. The molecule has 0 radical (unpaired) electrons. The maximum absolute atomic E-state index is 12.5. The molecule has 1 heterocycles. The Morgan fingerprint density at radius 3 is 2.48 bits per heavy atom. The molecule has 5 nitrogen and oxygen atoms in total. The number of nitrogens with zero attached hydrogens (tertiary/aromatic N) is 1. The van der Waals surface area contributed by atoms with Crippen LogP contribution in [-0.2, 0) is 16.6 Å². The zero-order valence-electron chi connectivity index (χ0n) is 14.7. The van der Waals surface area contributed by atoms with Crippen molar-refractivity contribution < 1.29 is 13.2 Å². The standard InChI is InChI=1S/C20H19ClN2O3S/c1-15(23-27(24,25)20-7-3-2-6-19(20)21)17-8-10-18(11-9-17)26-14-16-5-4-12-22-13-16/h2-13,15,23H,14H2,1H3/t15-/m0/s1. The van der Waals surface area contributed by atoms with Gasteiger partial charge in [-0.05, 0) is 42.8 Å². The van der Waals surface area contributed by atoms with Crippen molar-refractivity contribution in [1.82, 2.24) is 9.71 Å². The van der Waals surface area contributed by atoms with E-state index < -0.39 is 16.1 Å². The van der Waals surface area contributed by atoms with Gasteiger partial charge in [-0.15, -0.1) is 0 Å². The third-order valence-corrected chi connectivity index (χ3v) is 6.01. The summed E-state index contributed by atoms with van der Waals surface area (Å²) in [5.74, 6) is 0.698. The van der Waals surface area contributed by atoms with Crippen molar-refractivity contribution in [2.24, 2.45) is 0 Å². The van der Waals surface area contributed by atoms with E-state index in [9.17, 15) is 8.42 Å². The Labute approximate surface area is 164 Å². The first kappa shape index (κ1) is 19.4. The van der Waals surface area contributed by atoms with E-state index in [1.807, 2.05) is 36.4 Å². The zero-order chi connectivity index (χ0) is 19.3. The summed E-state index contributed by atoms with van der Waals surface area (Å²) in [4.78, 5) is 4.11. The molecular weight excluding hydrogens is 384 g/mol. The number of hydrogen-bond acceptors (Lipinski definition) is 4. The summed E-state index contributed by atoms with van der Waals surface area (Å²) in [6.07, 6.45) is 3.46. The van der Waals surface area contributed by atoms with E-state index in [4.69, 9.17) is 16.3 Å². The maximum atomic E-state index is 12.5. The number of sulfonamides is 1. The summed E-state index contributed by atoms with van der Waals surface area (Å²) in [6.45, 7) is 2.20. The van der Waals surface area contributed by atoms with Gasteiger partial charge in [-0.2, -0.15) is 0 Å². The lowest BCUT2D eigenvalue weighted by Crippen LogP contribution is -2.27. The average molecular weight is 403 g/mol. The molecule has 1 atom stereocenters. The van der Waals surface area contributed by atoms with Gasteiger partial charge in [-0.1, -0.05) is 41.9 Å². The molecule has 0 saturated heterocycles. The monoisotopic (exact) mass is 402 g/mol. The predicted molar refractivity (Wildman–Crippen MR) is 105 cm³/mol. The Bertz CT molecular complexity index is 993. The van der Waals surface area contributed by atoms with Gasteiger partial charge in [0.1, 0.15) is 17.3 Å². The van der Waals surface area contributed by atoms with Gasteiger partial charge in [-0.25, -0.2) is 13.1 Å². The minimum Gasteiger partial charge on any atom is -0.489 e. The number of nitrogens with one attached hydrogen (secondary N) is 1. The quantitative estimate of drug-likeness (QED) is 0.637. The molecule has 1 aromatic heterocycles. The topological polar surface area (TPSA) is 68.3 Å². The van der Waals surface area contributed by atoms with Crippen LogP contribution in [0.5, 0.6) is 5.75 Å². The van der Waals surface area contributed by atoms with Crippen molar-refractivity contribution in [1.29, 1.82) is 0 Å². The molecule has 3 rings (SSSR count). The van der Waals surface area contributed by atoms with Crippen LogP contribution in [0, 0.1) is 0 Å². The van der Waals surface area contributed by atoms with Crippen LogP contribution >= 0.6 is 11.6 Å². The zero-order valence-corrected chi connectivity index (χ0v) is 16.2. The van der Waals surface area contributed by atoms with Gasteiger partial charge in [0.05, 0.1) is 5.02 Å². The van der Waals surface area contributed by atoms with Crippen LogP contribution in [0.2, 0.25) is 5.02 Å². The summed E-state index contributed by atoms with van der Waals surface area (Å²) < 4.78 is 33.4. The van der Waals surface area contributed by atoms with Gasteiger partial charge < -0.3 is 4.74 Å². The van der Waals surface area contributed by atoms with Crippen LogP contribution in [0.1, 0.15) is 24.1 Å². The van der Waals surface area contributed by atoms with Crippen molar-refractivity contribution in [3.63, 3.8) is 0 Å². The van der Waals surface area contributed by atoms with Gasteiger partial charge in [0.25, 0.3) is 0 Å². The molecule has 27 heavy (non-hydrogen) atoms. The molecule has 0 saturated carbocycles. The van der Waals surface area contributed by atoms with E-state index in [0.717, 1.165) is 11.1 Å². The second-order valence-electron chi connectivity index (χ2n) is 5.99. The summed E-state index contributed by atoms with van der Waals surface area (Å²) in [7, 11) is -3.71. The minimum absolute atomic E-state index is 0.0648. The molecule has 0 aliphatic heterocycles. The van der Waals surface area contributed by atoms with E-state index in [-0.39, 0.29) is 9.92 Å². The number of ether oxygens (including phenoxy) is 1. The summed E-state index contributed by atoms with van der Waals surface area (Å²) in [5.41, 5.74) is 1.79. The first-order chi connectivity index (χ1) is 13.0. The first-order valence-corrected chi connectivity index (χ1v) is 10.2. The lowest BCUT2D eigenvalue weighted by molar-refractivity contribution is 0.305. The third-order valence-electron chi connectivity index (χ3n) is 3.97. The second kappa shape index (κ2) is 8.52. The van der Waals surface area contributed by atoms with Gasteiger partial charge in [-0.3, -0.25) is 4.98 Å².